The Balaban J connectivity index is 2.84. The normalized spacial score (nSPS) is 13.0. The van der Waals surface area contributed by atoms with E-state index in [1.165, 1.54) is 6.92 Å². The van der Waals surface area contributed by atoms with E-state index in [2.05, 4.69) is 5.10 Å². The van der Waals surface area contributed by atoms with Gasteiger partial charge in [-0.25, -0.2) is 8.42 Å². The standard InChI is InChI=1S/C8H10ClF3N2O2S/c1-2-17(15,16)4-3-14-7(9)5-6(13-14)8(10,11)12/h5H,2-4H2,1H3. The fraction of sp³-hybridized carbons (Fsp3) is 0.625. The summed E-state index contributed by atoms with van der Waals surface area (Å²) in [5, 5.41) is 2.98. The van der Waals surface area contributed by atoms with Crippen LogP contribution in [0.5, 0.6) is 0 Å². The molecule has 1 heterocycles. The molecule has 1 aromatic heterocycles. The van der Waals surface area contributed by atoms with Crippen LogP contribution in [0, 0.1) is 0 Å². The summed E-state index contributed by atoms with van der Waals surface area (Å²) in [5.41, 5.74) is -1.13. The van der Waals surface area contributed by atoms with E-state index in [9.17, 15) is 21.6 Å². The van der Waals surface area contributed by atoms with Gasteiger partial charge in [0.2, 0.25) is 0 Å². The molecule has 0 N–H and O–H groups in total. The van der Waals surface area contributed by atoms with Crippen LogP contribution in [0.3, 0.4) is 0 Å². The first-order chi connectivity index (χ1) is 7.65. The van der Waals surface area contributed by atoms with Crippen LogP contribution in [-0.2, 0) is 22.6 Å². The molecule has 0 radical (unpaired) electrons. The van der Waals surface area contributed by atoms with Crippen LogP contribution in [0.15, 0.2) is 6.07 Å². The van der Waals surface area contributed by atoms with E-state index in [0.29, 0.717) is 6.07 Å². The zero-order chi connectivity index (χ0) is 13.3. The molecule has 4 nitrogen and oxygen atoms in total. The molecule has 0 fully saturated rings. The van der Waals surface area contributed by atoms with Crippen LogP contribution in [0.4, 0.5) is 13.2 Å². The average Bonchev–Trinajstić information content (AvgIpc) is 2.57. The maximum atomic E-state index is 12.3. The molecule has 17 heavy (non-hydrogen) atoms. The van der Waals surface area contributed by atoms with Gasteiger partial charge in [0, 0.05) is 11.8 Å². The first-order valence-electron chi connectivity index (χ1n) is 4.66. The van der Waals surface area contributed by atoms with E-state index in [1.54, 1.807) is 0 Å². The Morgan fingerprint density at radius 3 is 2.47 bits per heavy atom. The van der Waals surface area contributed by atoms with Crippen molar-refractivity contribution in [3.05, 3.63) is 16.9 Å². The van der Waals surface area contributed by atoms with E-state index in [0.717, 1.165) is 4.68 Å². The summed E-state index contributed by atoms with van der Waals surface area (Å²) >= 11 is 5.53. The van der Waals surface area contributed by atoms with E-state index in [-0.39, 0.29) is 23.2 Å². The van der Waals surface area contributed by atoms with Crippen molar-refractivity contribution in [3.63, 3.8) is 0 Å². The third kappa shape index (κ3) is 3.88. The first kappa shape index (κ1) is 14.3. The van der Waals surface area contributed by atoms with Crippen molar-refractivity contribution in [2.24, 2.45) is 0 Å². The monoisotopic (exact) mass is 290 g/mol. The highest BCUT2D eigenvalue weighted by atomic mass is 35.5. The summed E-state index contributed by atoms with van der Waals surface area (Å²) in [6, 6.07) is 0.667. The molecule has 0 aliphatic carbocycles. The number of aromatic nitrogens is 2. The van der Waals surface area contributed by atoms with Crippen LogP contribution in [-0.4, -0.2) is 29.7 Å². The molecule has 0 amide bonds. The maximum absolute atomic E-state index is 12.3. The van der Waals surface area contributed by atoms with Crippen LogP contribution in [0.25, 0.3) is 0 Å². The van der Waals surface area contributed by atoms with Gasteiger partial charge in [-0.15, -0.1) is 0 Å². The van der Waals surface area contributed by atoms with Gasteiger partial charge in [0.25, 0.3) is 0 Å². The third-order valence-corrected chi connectivity index (χ3v) is 4.06. The molecule has 0 unspecified atom stereocenters. The lowest BCUT2D eigenvalue weighted by molar-refractivity contribution is -0.141. The van der Waals surface area contributed by atoms with Gasteiger partial charge in [0.1, 0.15) is 5.15 Å². The van der Waals surface area contributed by atoms with Crippen molar-refractivity contribution in [2.75, 3.05) is 11.5 Å². The molecule has 1 aromatic rings. The Kier molecular flexibility index (Phi) is 4.08. The minimum atomic E-state index is -4.58. The molecule has 0 spiro atoms. The molecular formula is C8H10ClF3N2O2S. The Labute approximate surface area is 101 Å². The summed E-state index contributed by atoms with van der Waals surface area (Å²) in [6.45, 7) is 1.27. The largest absolute Gasteiger partial charge is 0.435 e. The van der Waals surface area contributed by atoms with Crippen molar-refractivity contribution in [1.82, 2.24) is 9.78 Å². The van der Waals surface area contributed by atoms with E-state index in [1.807, 2.05) is 0 Å². The number of halogens is 4. The second-order valence-electron chi connectivity index (χ2n) is 3.31. The molecule has 0 saturated carbocycles. The van der Waals surface area contributed by atoms with Crippen LogP contribution >= 0.6 is 11.6 Å². The number of hydrogen-bond acceptors (Lipinski definition) is 3. The summed E-state index contributed by atoms with van der Waals surface area (Å²) < 4.78 is 60.0. The molecule has 0 saturated heterocycles. The smallest absolute Gasteiger partial charge is 0.252 e. The van der Waals surface area contributed by atoms with Crippen molar-refractivity contribution >= 4 is 21.4 Å². The van der Waals surface area contributed by atoms with Gasteiger partial charge >= 0.3 is 6.18 Å². The van der Waals surface area contributed by atoms with Gasteiger partial charge in [-0.05, 0) is 0 Å². The van der Waals surface area contributed by atoms with Gasteiger partial charge in [-0.2, -0.15) is 18.3 Å². The molecule has 0 aromatic carbocycles. The van der Waals surface area contributed by atoms with E-state index < -0.39 is 21.7 Å². The Bertz CT molecular complexity index is 495. The summed E-state index contributed by atoms with van der Waals surface area (Å²) in [4.78, 5) is 0. The maximum Gasteiger partial charge on any atom is 0.435 e. The number of nitrogens with zero attached hydrogens (tertiary/aromatic N) is 2. The van der Waals surface area contributed by atoms with Gasteiger partial charge in [0.05, 0.1) is 12.3 Å². The highest BCUT2D eigenvalue weighted by molar-refractivity contribution is 7.91. The number of rotatable bonds is 4. The summed E-state index contributed by atoms with van der Waals surface area (Å²) in [7, 11) is -3.26. The lowest BCUT2D eigenvalue weighted by Gasteiger charge is -2.03. The molecule has 98 valence electrons. The summed E-state index contributed by atoms with van der Waals surface area (Å²) in [6.07, 6.45) is -4.58. The molecule has 0 bridgehead atoms. The van der Waals surface area contributed by atoms with E-state index in [4.69, 9.17) is 11.6 Å². The number of hydrogen-bond donors (Lipinski definition) is 0. The SMILES string of the molecule is CCS(=O)(=O)CCn1nc(C(F)(F)F)cc1Cl. The molecule has 0 atom stereocenters. The highest BCUT2D eigenvalue weighted by Crippen LogP contribution is 2.29. The van der Waals surface area contributed by atoms with Gasteiger partial charge < -0.3 is 0 Å². The minimum Gasteiger partial charge on any atom is -0.252 e. The molecule has 0 aliphatic heterocycles. The zero-order valence-electron chi connectivity index (χ0n) is 8.83. The average molecular weight is 291 g/mol. The predicted octanol–water partition coefficient (Wildman–Crippen LogP) is 1.99. The predicted molar refractivity (Wildman–Crippen MR) is 56.6 cm³/mol. The summed E-state index contributed by atoms with van der Waals surface area (Å²) in [5.74, 6) is -0.361. The van der Waals surface area contributed by atoms with Crippen LogP contribution in [0.2, 0.25) is 5.15 Å². The first-order valence-corrected chi connectivity index (χ1v) is 6.86. The number of sulfone groups is 1. The van der Waals surface area contributed by atoms with Gasteiger partial charge in [0.15, 0.2) is 15.5 Å². The second-order valence-corrected chi connectivity index (χ2v) is 6.17. The fourth-order valence-corrected chi connectivity index (χ4v) is 2.02. The highest BCUT2D eigenvalue weighted by Gasteiger charge is 2.34. The molecule has 9 heteroatoms. The van der Waals surface area contributed by atoms with Crippen molar-refractivity contribution in [2.45, 2.75) is 19.6 Å². The zero-order valence-corrected chi connectivity index (χ0v) is 10.4. The Hall–Kier alpha value is -0.760. The molecular weight excluding hydrogens is 281 g/mol. The van der Waals surface area contributed by atoms with Crippen molar-refractivity contribution < 1.29 is 21.6 Å². The quantitative estimate of drug-likeness (QED) is 0.852. The Morgan fingerprint density at radius 1 is 1.47 bits per heavy atom. The molecule has 1 rings (SSSR count). The Morgan fingerprint density at radius 2 is 2.06 bits per heavy atom. The lowest BCUT2D eigenvalue weighted by Crippen LogP contribution is -2.16. The van der Waals surface area contributed by atoms with Crippen LogP contribution in [0.1, 0.15) is 12.6 Å². The number of alkyl halides is 3. The topological polar surface area (TPSA) is 52.0 Å². The third-order valence-electron chi connectivity index (χ3n) is 2.08. The van der Waals surface area contributed by atoms with Gasteiger partial charge in [-0.1, -0.05) is 18.5 Å². The van der Waals surface area contributed by atoms with Crippen molar-refractivity contribution in [3.8, 4) is 0 Å². The number of aryl methyl sites for hydroxylation is 1. The van der Waals surface area contributed by atoms with Crippen LogP contribution < -0.4 is 0 Å². The van der Waals surface area contributed by atoms with Crippen molar-refractivity contribution in [1.29, 1.82) is 0 Å². The van der Waals surface area contributed by atoms with E-state index >= 15 is 0 Å². The second kappa shape index (κ2) is 4.85. The fourth-order valence-electron chi connectivity index (χ4n) is 1.06. The lowest BCUT2D eigenvalue weighted by atomic mass is 10.4. The van der Waals surface area contributed by atoms with Gasteiger partial charge in [-0.3, -0.25) is 4.68 Å². The minimum absolute atomic E-state index is 0.0714. The molecule has 0 aliphatic rings.